The first-order valence-electron chi connectivity index (χ1n) is 10.4. The SMILES string of the molecule is O=C(c1cccnc1NCc1ccc(Cn2ccnc2)cc1)N1CCc2ccccc21. The molecule has 1 aliphatic heterocycles. The molecule has 0 unspecified atom stereocenters. The molecular formula is C25H23N5O. The van der Waals surface area contributed by atoms with Crippen LogP contribution in [0.1, 0.15) is 27.0 Å². The average molecular weight is 409 g/mol. The molecule has 0 aliphatic carbocycles. The van der Waals surface area contributed by atoms with Crippen LogP contribution >= 0.6 is 0 Å². The van der Waals surface area contributed by atoms with Gasteiger partial charge in [-0.25, -0.2) is 9.97 Å². The van der Waals surface area contributed by atoms with Crippen molar-refractivity contribution < 1.29 is 4.79 Å². The molecule has 154 valence electrons. The van der Waals surface area contributed by atoms with E-state index in [1.54, 1.807) is 12.4 Å². The highest BCUT2D eigenvalue weighted by atomic mass is 16.2. The van der Waals surface area contributed by atoms with Crippen LogP contribution < -0.4 is 10.2 Å². The van der Waals surface area contributed by atoms with Crippen LogP contribution in [0.3, 0.4) is 0 Å². The number of nitrogens with one attached hydrogen (secondary N) is 1. The molecule has 1 aliphatic rings. The highest BCUT2D eigenvalue weighted by Crippen LogP contribution is 2.30. The molecule has 2 aromatic carbocycles. The summed E-state index contributed by atoms with van der Waals surface area (Å²) >= 11 is 0. The van der Waals surface area contributed by atoms with E-state index in [0.717, 1.165) is 24.2 Å². The third kappa shape index (κ3) is 4.05. The molecule has 0 saturated carbocycles. The lowest BCUT2D eigenvalue weighted by Crippen LogP contribution is -2.29. The second-order valence-electron chi connectivity index (χ2n) is 7.64. The molecule has 0 bridgehead atoms. The molecule has 0 radical (unpaired) electrons. The zero-order valence-corrected chi connectivity index (χ0v) is 17.1. The Morgan fingerprint density at radius 3 is 2.65 bits per heavy atom. The van der Waals surface area contributed by atoms with Crippen molar-refractivity contribution in [2.45, 2.75) is 19.5 Å². The number of aromatic nitrogens is 3. The monoisotopic (exact) mass is 409 g/mol. The third-order valence-corrected chi connectivity index (χ3v) is 5.58. The molecule has 0 saturated heterocycles. The Morgan fingerprint density at radius 1 is 0.968 bits per heavy atom. The number of benzene rings is 2. The highest BCUT2D eigenvalue weighted by molar-refractivity contribution is 6.10. The normalized spacial score (nSPS) is 12.6. The first kappa shape index (κ1) is 19.1. The Bertz CT molecular complexity index is 1180. The molecular weight excluding hydrogens is 386 g/mol. The van der Waals surface area contributed by atoms with Gasteiger partial charge in [0, 0.05) is 43.9 Å². The van der Waals surface area contributed by atoms with Gasteiger partial charge in [0.2, 0.25) is 0 Å². The summed E-state index contributed by atoms with van der Waals surface area (Å²) in [5.41, 5.74) is 5.14. The maximum absolute atomic E-state index is 13.3. The summed E-state index contributed by atoms with van der Waals surface area (Å²) in [6.45, 7) is 2.09. The third-order valence-electron chi connectivity index (χ3n) is 5.58. The van der Waals surface area contributed by atoms with Crippen molar-refractivity contribution in [3.8, 4) is 0 Å². The summed E-state index contributed by atoms with van der Waals surface area (Å²) in [5, 5.41) is 3.35. The van der Waals surface area contributed by atoms with Crippen LogP contribution in [0.5, 0.6) is 0 Å². The van der Waals surface area contributed by atoms with E-state index in [1.807, 2.05) is 52.3 Å². The van der Waals surface area contributed by atoms with E-state index < -0.39 is 0 Å². The minimum atomic E-state index is -0.0174. The molecule has 1 N–H and O–H groups in total. The van der Waals surface area contributed by atoms with E-state index >= 15 is 0 Å². The lowest BCUT2D eigenvalue weighted by molar-refractivity contribution is 0.0990. The minimum Gasteiger partial charge on any atom is -0.365 e. The zero-order chi connectivity index (χ0) is 21.0. The van der Waals surface area contributed by atoms with Gasteiger partial charge < -0.3 is 14.8 Å². The van der Waals surface area contributed by atoms with Crippen molar-refractivity contribution in [3.05, 3.63) is 108 Å². The van der Waals surface area contributed by atoms with Crippen LogP contribution in [-0.2, 0) is 19.5 Å². The molecule has 2 aromatic heterocycles. The lowest BCUT2D eigenvalue weighted by Gasteiger charge is -2.19. The van der Waals surface area contributed by atoms with E-state index in [1.165, 1.54) is 11.1 Å². The topological polar surface area (TPSA) is 63.1 Å². The van der Waals surface area contributed by atoms with E-state index in [-0.39, 0.29) is 5.91 Å². The van der Waals surface area contributed by atoms with Gasteiger partial charge in [0.25, 0.3) is 5.91 Å². The molecule has 0 atom stereocenters. The van der Waals surface area contributed by atoms with Crippen molar-refractivity contribution >= 4 is 17.4 Å². The Balaban J connectivity index is 1.28. The fraction of sp³-hybridized carbons (Fsp3) is 0.160. The maximum Gasteiger partial charge on any atom is 0.262 e. The van der Waals surface area contributed by atoms with Gasteiger partial charge in [-0.15, -0.1) is 0 Å². The number of rotatable bonds is 6. The molecule has 1 amide bonds. The summed E-state index contributed by atoms with van der Waals surface area (Å²) < 4.78 is 2.04. The molecule has 4 aromatic rings. The van der Waals surface area contributed by atoms with Gasteiger partial charge in [0.1, 0.15) is 5.82 Å². The second kappa shape index (κ2) is 8.44. The number of nitrogens with zero attached hydrogens (tertiary/aromatic N) is 4. The largest absolute Gasteiger partial charge is 0.365 e. The molecule has 6 heteroatoms. The van der Waals surface area contributed by atoms with E-state index in [2.05, 4.69) is 45.6 Å². The number of carbonyl (C=O) groups excluding carboxylic acids is 1. The smallest absolute Gasteiger partial charge is 0.262 e. The van der Waals surface area contributed by atoms with Crippen molar-refractivity contribution in [1.82, 2.24) is 14.5 Å². The Kier molecular flexibility index (Phi) is 5.19. The second-order valence-corrected chi connectivity index (χ2v) is 7.64. The van der Waals surface area contributed by atoms with E-state index in [0.29, 0.717) is 24.5 Å². The molecule has 6 nitrogen and oxygen atoms in total. The number of fused-ring (bicyclic) bond motifs is 1. The minimum absolute atomic E-state index is 0.0174. The van der Waals surface area contributed by atoms with Gasteiger partial charge in [0.05, 0.1) is 11.9 Å². The van der Waals surface area contributed by atoms with Gasteiger partial charge in [-0.3, -0.25) is 4.79 Å². The summed E-state index contributed by atoms with van der Waals surface area (Å²) in [5.74, 6) is 0.593. The van der Waals surface area contributed by atoms with Crippen molar-refractivity contribution in [2.75, 3.05) is 16.8 Å². The van der Waals surface area contributed by atoms with Gasteiger partial charge >= 0.3 is 0 Å². The summed E-state index contributed by atoms with van der Waals surface area (Å²) in [4.78, 5) is 23.6. The maximum atomic E-state index is 13.3. The van der Waals surface area contributed by atoms with Crippen molar-refractivity contribution in [1.29, 1.82) is 0 Å². The number of hydrogen-bond donors (Lipinski definition) is 1. The van der Waals surface area contributed by atoms with Crippen LogP contribution in [0.4, 0.5) is 11.5 Å². The lowest BCUT2D eigenvalue weighted by atomic mass is 10.1. The fourth-order valence-corrected chi connectivity index (χ4v) is 3.95. The molecule has 0 fully saturated rings. The van der Waals surface area contributed by atoms with Crippen LogP contribution in [0.15, 0.2) is 85.6 Å². The highest BCUT2D eigenvalue weighted by Gasteiger charge is 2.26. The van der Waals surface area contributed by atoms with Gasteiger partial charge in [-0.05, 0) is 41.3 Å². The quantitative estimate of drug-likeness (QED) is 0.520. The number of imidazole rings is 1. The molecule has 31 heavy (non-hydrogen) atoms. The molecule has 0 spiro atoms. The van der Waals surface area contributed by atoms with E-state index in [4.69, 9.17) is 0 Å². The number of hydrogen-bond acceptors (Lipinski definition) is 4. The van der Waals surface area contributed by atoms with Gasteiger partial charge in [0.15, 0.2) is 0 Å². The first-order chi connectivity index (χ1) is 15.3. The first-order valence-corrected chi connectivity index (χ1v) is 10.4. The molecule has 5 rings (SSSR count). The van der Waals surface area contributed by atoms with E-state index in [9.17, 15) is 4.79 Å². The van der Waals surface area contributed by atoms with Gasteiger partial charge in [-0.2, -0.15) is 0 Å². The standard InChI is InChI=1S/C25H23N5O/c31-25(30-14-11-21-4-1-2-6-23(21)30)22-5-3-12-27-24(22)28-16-19-7-9-20(10-8-19)17-29-15-13-26-18-29/h1-10,12-13,15,18H,11,14,16-17H2,(H,27,28). The van der Waals surface area contributed by atoms with Crippen LogP contribution in [-0.4, -0.2) is 27.0 Å². The number of para-hydroxylation sites is 1. The predicted octanol–water partition coefficient (Wildman–Crippen LogP) is 4.14. The predicted molar refractivity (Wildman–Crippen MR) is 121 cm³/mol. The van der Waals surface area contributed by atoms with Crippen LogP contribution in [0.25, 0.3) is 0 Å². The summed E-state index contributed by atoms with van der Waals surface area (Å²) in [6.07, 6.45) is 8.15. The number of anilines is 2. The Labute approximate surface area is 181 Å². The Morgan fingerprint density at radius 2 is 1.81 bits per heavy atom. The van der Waals surface area contributed by atoms with Crippen LogP contribution in [0, 0.1) is 0 Å². The number of pyridine rings is 1. The van der Waals surface area contributed by atoms with Crippen LogP contribution in [0.2, 0.25) is 0 Å². The average Bonchev–Trinajstić information content (AvgIpc) is 3.48. The molecule has 3 heterocycles. The number of amides is 1. The summed E-state index contributed by atoms with van der Waals surface area (Å²) in [6, 6.07) is 20.2. The zero-order valence-electron chi connectivity index (χ0n) is 17.1. The fourth-order valence-electron chi connectivity index (χ4n) is 3.95. The van der Waals surface area contributed by atoms with Crippen molar-refractivity contribution in [2.24, 2.45) is 0 Å². The number of carbonyl (C=O) groups is 1. The Hall–Kier alpha value is -3.93. The van der Waals surface area contributed by atoms with Crippen molar-refractivity contribution in [3.63, 3.8) is 0 Å². The summed E-state index contributed by atoms with van der Waals surface area (Å²) in [7, 11) is 0. The van der Waals surface area contributed by atoms with Gasteiger partial charge in [-0.1, -0.05) is 42.5 Å².